The van der Waals surface area contributed by atoms with Crippen molar-refractivity contribution in [1.82, 2.24) is 0 Å². The number of hydrogen-bond donors (Lipinski definition) is 0. The fraction of sp³-hybridized carbons (Fsp3) is 0.125. The summed E-state index contributed by atoms with van der Waals surface area (Å²) in [5, 5.41) is -0.0385. The van der Waals surface area contributed by atoms with Crippen molar-refractivity contribution >= 4 is 33.3 Å². The van der Waals surface area contributed by atoms with E-state index in [1.807, 2.05) is 0 Å². The summed E-state index contributed by atoms with van der Waals surface area (Å²) in [6.07, 6.45) is 0. The van der Waals surface area contributed by atoms with Crippen LogP contribution >= 0.6 is 27.5 Å². The zero-order valence-corrected chi connectivity index (χ0v) is 8.54. The summed E-state index contributed by atoms with van der Waals surface area (Å²) in [5.41, 5.74) is 0.390. The van der Waals surface area contributed by atoms with Gasteiger partial charge in [-0.05, 0) is 35.0 Å². The van der Waals surface area contributed by atoms with E-state index in [-0.39, 0.29) is 10.8 Å². The van der Waals surface area contributed by atoms with E-state index in [0.29, 0.717) is 10.0 Å². The standard InChI is InChI=1S/C8H5BrClFO/c1-4(12)5-2-7(10)8(11)3-6(5)9/h2-3H,1H3. The van der Waals surface area contributed by atoms with Gasteiger partial charge in [-0.2, -0.15) is 0 Å². The predicted molar refractivity (Wildman–Crippen MR) is 49.1 cm³/mol. The second-order valence-corrected chi connectivity index (χ2v) is 3.56. The highest BCUT2D eigenvalue weighted by Gasteiger charge is 2.09. The number of halogens is 3. The first kappa shape index (κ1) is 9.68. The molecule has 1 rings (SSSR count). The summed E-state index contributed by atoms with van der Waals surface area (Å²) >= 11 is 8.54. The number of benzene rings is 1. The Morgan fingerprint density at radius 2 is 2.17 bits per heavy atom. The Morgan fingerprint density at radius 3 is 2.67 bits per heavy atom. The third-order valence-corrected chi connectivity index (χ3v) is 2.33. The summed E-state index contributed by atoms with van der Waals surface area (Å²) in [4.78, 5) is 10.9. The van der Waals surface area contributed by atoms with Crippen LogP contribution in [0.4, 0.5) is 4.39 Å². The van der Waals surface area contributed by atoms with Crippen molar-refractivity contribution in [3.8, 4) is 0 Å². The minimum Gasteiger partial charge on any atom is -0.294 e. The monoisotopic (exact) mass is 250 g/mol. The molecule has 0 aliphatic rings. The number of ketones is 1. The first-order valence-corrected chi connectivity index (χ1v) is 4.35. The number of hydrogen-bond acceptors (Lipinski definition) is 1. The third-order valence-electron chi connectivity index (χ3n) is 1.39. The Morgan fingerprint density at radius 1 is 1.58 bits per heavy atom. The average molecular weight is 251 g/mol. The largest absolute Gasteiger partial charge is 0.294 e. The van der Waals surface area contributed by atoms with Gasteiger partial charge in [-0.3, -0.25) is 4.79 Å². The average Bonchev–Trinajstić information content (AvgIpc) is 1.96. The van der Waals surface area contributed by atoms with E-state index in [0.717, 1.165) is 0 Å². The van der Waals surface area contributed by atoms with E-state index in [4.69, 9.17) is 11.6 Å². The number of carbonyl (C=O) groups excluding carboxylic acids is 1. The van der Waals surface area contributed by atoms with Crippen LogP contribution in [0.1, 0.15) is 17.3 Å². The van der Waals surface area contributed by atoms with Gasteiger partial charge in [-0.25, -0.2) is 4.39 Å². The van der Waals surface area contributed by atoms with Gasteiger partial charge in [0.1, 0.15) is 5.82 Å². The van der Waals surface area contributed by atoms with Crippen LogP contribution in [0.5, 0.6) is 0 Å². The Kier molecular flexibility index (Phi) is 2.85. The number of rotatable bonds is 1. The van der Waals surface area contributed by atoms with Crippen molar-refractivity contribution < 1.29 is 9.18 Å². The zero-order valence-electron chi connectivity index (χ0n) is 6.20. The van der Waals surface area contributed by atoms with E-state index in [2.05, 4.69) is 15.9 Å². The van der Waals surface area contributed by atoms with Crippen LogP contribution in [0.2, 0.25) is 5.02 Å². The van der Waals surface area contributed by atoms with Crippen molar-refractivity contribution in [3.63, 3.8) is 0 Å². The van der Waals surface area contributed by atoms with Gasteiger partial charge >= 0.3 is 0 Å². The van der Waals surface area contributed by atoms with Gasteiger partial charge in [0.2, 0.25) is 0 Å². The molecule has 1 nitrogen and oxygen atoms in total. The molecule has 0 unspecified atom stereocenters. The van der Waals surface area contributed by atoms with E-state index in [1.54, 1.807) is 0 Å². The maximum absolute atomic E-state index is 12.7. The van der Waals surface area contributed by atoms with Crippen molar-refractivity contribution in [3.05, 3.63) is 33.0 Å². The Balaban J connectivity index is 3.33. The Bertz CT molecular complexity index is 338. The van der Waals surface area contributed by atoms with Gasteiger partial charge in [0.15, 0.2) is 5.78 Å². The second-order valence-electron chi connectivity index (χ2n) is 2.30. The van der Waals surface area contributed by atoms with E-state index >= 15 is 0 Å². The molecular weight excluding hydrogens is 246 g/mol. The SMILES string of the molecule is CC(=O)c1cc(Cl)c(F)cc1Br. The molecular formula is C8H5BrClFO. The molecule has 1 aromatic carbocycles. The van der Waals surface area contributed by atoms with Gasteiger partial charge in [-0.1, -0.05) is 11.6 Å². The smallest absolute Gasteiger partial charge is 0.160 e. The van der Waals surface area contributed by atoms with Gasteiger partial charge < -0.3 is 0 Å². The summed E-state index contributed by atoms with van der Waals surface area (Å²) in [7, 11) is 0. The first-order valence-electron chi connectivity index (χ1n) is 3.18. The van der Waals surface area contributed by atoms with Crippen LogP contribution in [-0.4, -0.2) is 5.78 Å². The van der Waals surface area contributed by atoms with Crippen molar-refractivity contribution in [2.75, 3.05) is 0 Å². The molecule has 0 radical (unpaired) electrons. The van der Waals surface area contributed by atoms with Gasteiger partial charge in [-0.15, -0.1) is 0 Å². The summed E-state index contributed by atoms with van der Waals surface area (Å²) < 4.78 is 13.2. The fourth-order valence-electron chi connectivity index (χ4n) is 0.792. The van der Waals surface area contributed by atoms with Gasteiger partial charge in [0.25, 0.3) is 0 Å². The summed E-state index contributed by atoms with van der Waals surface area (Å²) in [6, 6.07) is 2.49. The summed E-state index contributed by atoms with van der Waals surface area (Å²) in [5.74, 6) is -0.683. The fourth-order valence-corrected chi connectivity index (χ4v) is 1.55. The molecule has 12 heavy (non-hydrogen) atoms. The lowest BCUT2D eigenvalue weighted by Gasteiger charge is -2.01. The van der Waals surface area contributed by atoms with Crippen LogP contribution < -0.4 is 0 Å². The normalized spacial score (nSPS) is 10.0. The molecule has 0 atom stereocenters. The maximum Gasteiger partial charge on any atom is 0.160 e. The van der Waals surface area contributed by atoms with E-state index < -0.39 is 5.82 Å². The predicted octanol–water partition coefficient (Wildman–Crippen LogP) is 3.44. The van der Waals surface area contributed by atoms with Crippen LogP contribution in [-0.2, 0) is 0 Å². The lowest BCUT2D eigenvalue weighted by molar-refractivity contribution is 0.101. The van der Waals surface area contributed by atoms with Crippen molar-refractivity contribution in [2.24, 2.45) is 0 Å². The molecule has 1 aromatic rings. The van der Waals surface area contributed by atoms with Crippen molar-refractivity contribution in [2.45, 2.75) is 6.92 Å². The molecule has 0 amide bonds. The lowest BCUT2D eigenvalue weighted by atomic mass is 10.1. The van der Waals surface area contributed by atoms with Gasteiger partial charge in [0, 0.05) is 10.0 Å². The molecule has 0 bridgehead atoms. The highest BCUT2D eigenvalue weighted by atomic mass is 79.9. The maximum atomic E-state index is 12.7. The molecule has 64 valence electrons. The van der Waals surface area contributed by atoms with E-state index in [1.165, 1.54) is 19.1 Å². The first-order chi connectivity index (χ1) is 5.52. The third kappa shape index (κ3) is 1.84. The molecule has 0 N–H and O–H groups in total. The molecule has 0 saturated carbocycles. The Labute approximate surface area is 82.7 Å². The molecule has 0 aliphatic carbocycles. The minimum atomic E-state index is -0.534. The molecule has 0 spiro atoms. The molecule has 4 heteroatoms. The van der Waals surface area contributed by atoms with Crippen LogP contribution in [0.15, 0.2) is 16.6 Å². The lowest BCUT2D eigenvalue weighted by Crippen LogP contribution is -1.94. The second kappa shape index (κ2) is 3.54. The number of carbonyl (C=O) groups is 1. The highest BCUT2D eigenvalue weighted by Crippen LogP contribution is 2.24. The number of Topliss-reactive ketones (excluding diaryl/α,β-unsaturated/α-hetero) is 1. The molecule has 0 fully saturated rings. The molecule has 0 aliphatic heterocycles. The van der Waals surface area contributed by atoms with Crippen LogP contribution in [0.3, 0.4) is 0 Å². The van der Waals surface area contributed by atoms with Crippen LogP contribution in [0.25, 0.3) is 0 Å². The Hall–Kier alpha value is -0.410. The van der Waals surface area contributed by atoms with Crippen molar-refractivity contribution in [1.29, 1.82) is 0 Å². The molecule has 0 aromatic heterocycles. The highest BCUT2D eigenvalue weighted by molar-refractivity contribution is 9.10. The minimum absolute atomic E-state index is 0.0385. The van der Waals surface area contributed by atoms with Gasteiger partial charge in [0.05, 0.1) is 5.02 Å². The molecule has 0 heterocycles. The quantitative estimate of drug-likeness (QED) is 0.552. The summed E-state index contributed by atoms with van der Waals surface area (Å²) in [6.45, 7) is 1.40. The zero-order chi connectivity index (χ0) is 9.30. The van der Waals surface area contributed by atoms with E-state index in [9.17, 15) is 9.18 Å². The molecule has 0 saturated heterocycles. The topological polar surface area (TPSA) is 17.1 Å². The van der Waals surface area contributed by atoms with Crippen LogP contribution in [0, 0.1) is 5.82 Å².